The van der Waals surface area contributed by atoms with Crippen LogP contribution < -0.4 is 4.74 Å². The quantitative estimate of drug-likeness (QED) is 0.846. The van der Waals surface area contributed by atoms with Gasteiger partial charge in [-0.3, -0.25) is 4.79 Å². The minimum absolute atomic E-state index is 0.0373. The molecule has 0 spiro atoms. The summed E-state index contributed by atoms with van der Waals surface area (Å²) >= 11 is 0. The van der Waals surface area contributed by atoms with Crippen LogP contribution in [0.1, 0.15) is 0 Å². The second-order valence-corrected chi connectivity index (χ2v) is 6.07. The lowest BCUT2D eigenvalue weighted by Gasteiger charge is -2.31. The molecule has 1 aliphatic rings. The lowest BCUT2D eigenvalue weighted by atomic mass is 10.1. The molecule has 1 N–H and O–H groups in total. The molecule has 2 rings (SSSR count). The molecule has 0 bridgehead atoms. The van der Waals surface area contributed by atoms with E-state index >= 15 is 0 Å². The number of hydrogen-bond donors (Lipinski definition) is 1. The summed E-state index contributed by atoms with van der Waals surface area (Å²) in [6.45, 7) is 1.27. The zero-order valence-corrected chi connectivity index (χ0v) is 13.5. The van der Waals surface area contributed by atoms with Crippen LogP contribution in [0.5, 0.6) is 5.75 Å². The smallest absolute Gasteiger partial charge is 0.236 e. The highest BCUT2D eigenvalue weighted by atomic mass is 19.1. The van der Waals surface area contributed by atoms with Gasteiger partial charge < -0.3 is 24.4 Å². The maximum absolute atomic E-state index is 12.9. The Bertz CT molecular complexity index is 523. The van der Waals surface area contributed by atoms with E-state index in [1.165, 1.54) is 24.3 Å². The first-order chi connectivity index (χ1) is 10.9. The van der Waals surface area contributed by atoms with Gasteiger partial charge in [-0.1, -0.05) is 0 Å². The van der Waals surface area contributed by atoms with Crippen LogP contribution in [0.15, 0.2) is 24.3 Å². The second kappa shape index (κ2) is 7.72. The van der Waals surface area contributed by atoms with Crippen molar-refractivity contribution in [3.63, 3.8) is 0 Å². The molecular weight excluding hydrogens is 303 g/mol. The van der Waals surface area contributed by atoms with Gasteiger partial charge in [-0.15, -0.1) is 0 Å². The van der Waals surface area contributed by atoms with Crippen molar-refractivity contribution in [1.82, 2.24) is 9.80 Å². The molecule has 1 heterocycles. The Hall–Kier alpha value is -1.70. The summed E-state index contributed by atoms with van der Waals surface area (Å²) in [6.07, 6.45) is 0. The third kappa shape index (κ3) is 5.46. The van der Waals surface area contributed by atoms with Crippen LogP contribution in [-0.4, -0.2) is 80.0 Å². The van der Waals surface area contributed by atoms with Crippen molar-refractivity contribution in [1.29, 1.82) is 0 Å². The van der Waals surface area contributed by atoms with E-state index in [4.69, 9.17) is 9.47 Å². The fraction of sp³-hybridized carbons (Fsp3) is 0.562. The van der Waals surface area contributed by atoms with E-state index in [0.29, 0.717) is 18.9 Å². The lowest BCUT2D eigenvalue weighted by Crippen LogP contribution is -2.51. The molecule has 0 aliphatic carbocycles. The molecular formula is C16H23FN2O4. The van der Waals surface area contributed by atoms with Gasteiger partial charge >= 0.3 is 0 Å². The highest BCUT2D eigenvalue weighted by Gasteiger charge is 2.35. The maximum Gasteiger partial charge on any atom is 0.236 e. The number of ether oxygens (including phenoxy) is 2. The van der Waals surface area contributed by atoms with Crippen molar-refractivity contribution in [3.05, 3.63) is 30.1 Å². The number of amides is 1. The molecule has 1 fully saturated rings. The lowest BCUT2D eigenvalue weighted by molar-refractivity contribution is -0.135. The Kier molecular flexibility index (Phi) is 5.92. The van der Waals surface area contributed by atoms with Crippen molar-refractivity contribution in [2.45, 2.75) is 5.60 Å². The number of carbonyl (C=O) groups is 1. The predicted molar refractivity (Wildman–Crippen MR) is 82.8 cm³/mol. The van der Waals surface area contributed by atoms with Gasteiger partial charge in [0.2, 0.25) is 5.91 Å². The van der Waals surface area contributed by atoms with E-state index < -0.39 is 5.60 Å². The maximum atomic E-state index is 12.9. The van der Waals surface area contributed by atoms with Gasteiger partial charge in [0.1, 0.15) is 23.8 Å². The van der Waals surface area contributed by atoms with Gasteiger partial charge in [0, 0.05) is 6.54 Å². The van der Waals surface area contributed by atoms with Crippen LogP contribution in [0.4, 0.5) is 4.39 Å². The van der Waals surface area contributed by atoms with Crippen LogP contribution >= 0.6 is 0 Å². The number of nitrogens with zero attached hydrogens (tertiary/aromatic N) is 2. The Morgan fingerprint density at radius 2 is 2.13 bits per heavy atom. The van der Waals surface area contributed by atoms with Crippen LogP contribution in [0.2, 0.25) is 0 Å². The van der Waals surface area contributed by atoms with Gasteiger partial charge in [-0.05, 0) is 38.4 Å². The van der Waals surface area contributed by atoms with Crippen LogP contribution in [0.25, 0.3) is 0 Å². The third-order valence-corrected chi connectivity index (χ3v) is 3.49. The molecule has 0 aromatic heterocycles. The zero-order chi connectivity index (χ0) is 16.9. The zero-order valence-electron chi connectivity index (χ0n) is 13.5. The molecule has 128 valence electrons. The van der Waals surface area contributed by atoms with Gasteiger partial charge in [0.05, 0.1) is 26.3 Å². The first kappa shape index (κ1) is 17.7. The Morgan fingerprint density at radius 3 is 2.78 bits per heavy atom. The van der Waals surface area contributed by atoms with Gasteiger partial charge in [-0.2, -0.15) is 0 Å². The fourth-order valence-corrected chi connectivity index (χ4v) is 2.34. The van der Waals surface area contributed by atoms with E-state index in [1.54, 1.807) is 9.80 Å². The van der Waals surface area contributed by atoms with Crippen molar-refractivity contribution in [2.75, 3.05) is 53.6 Å². The normalized spacial score (nSPS) is 22.0. The fourth-order valence-electron chi connectivity index (χ4n) is 2.34. The molecule has 1 saturated heterocycles. The Morgan fingerprint density at radius 1 is 1.43 bits per heavy atom. The standard InChI is InChI=1S/C16H23FN2O4/c1-18(2)9-15(20)19-7-8-22-11-16(21,10-19)12-23-14-5-3-13(17)4-6-14/h3-6,21H,7-12H2,1-2H3/t16-/m1/s1. The minimum atomic E-state index is -1.30. The molecule has 1 amide bonds. The molecule has 1 atom stereocenters. The molecule has 1 aliphatic heterocycles. The number of aliphatic hydroxyl groups is 1. The van der Waals surface area contributed by atoms with E-state index in [2.05, 4.69) is 0 Å². The van der Waals surface area contributed by atoms with Crippen LogP contribution in [-0.2, 0) is 9.53 Å². The van der Waals surface area contributed by atoms with E-state index in [1.807, 2.05) is 14.1 Å². The minimum Gasteiger partial charge on any atom is -0.490 e. The number of likely N-dealkylation sites (N-methyl/N-ethyl adjacent to an activating group) is 1. The van der Waals surface area contributed by atoms with Gasteiger partial charge in [0.15, 0.2) is 0 Å². The van der Waals surface area contributed by atoms with Crippen LogP contribution in [0.3, 0.4) is 0 Å². The number of benzene rings is 1. The highest BCUT2D eigenvalue weighted by molar-refractivity contribution is 5.78. The number of carbonyl (C=O) groups excluding carboxylic acids is 1. The monoisotopic (exact) mass is 326 g/mol. The predicted octanol–water partition coefficient (Wildman–Crippen LogP) is 0.356. The van der Waals surface area contributed by atoms with Crippen molar-refractivity contribution in [3.8, 4) is 5.75 Å². The first-order valence-electron chi connectivity index (χ1n) is 7.49. The number of rotatable bonds is 5. The molecule has 0 unspecified atom stereocenters. The van der Waals surface area contributed by atoms with E-state index in [0.717, 1.165) is 0 Å². The molecule has 1 aromatic rings. The molecule has 0 radical (unpaired) electrons. The Balaban J connectivity index is 1.97. The molecule has 7 heteroatoms. The number of hydrogen-bond acceptors (Lipinski definition) is 5. The van der Waals surface area contributed by atoms with E-state index in [9.17, 15) is 14.3 Å². The summed E-state index contributed by atoms with van der Waals surface area (Å²) in [5.74, 6) is 0.0327. The number of halogens is 1. The summed E-state index contributed by atoms with van der Waals surface area (Å²) in [6, 6.07) is 5.56. The molecule has 1 aromatic carbocycles. The average Bonchev–Trinajstić information content (AvgIpc) is 2.69. The molecule has 23 heavy (non-hydrogen) atoms. The SMILES string of the molecule is CN(C)CC(=O)N1CCOC[C@@](O)(COc2ccc(F)cc2)C1. The highest BCUT2D eigenvalue weighted by Crippen LogP contribution is 2.17. The van der Waals surface area contributed by atoms with Gasteiger partial charge in [0.25, 0.3) is 0 Å². The van der Waals surface area contributed by atoms with Crippen molar-refractivity contribution < 1.29 is 23.8 Å². The molecule has 0 saturated carbocycles. The van der Waals surface area contributed by atoms with E-state index in [-0.39, 0.29) is 38.0 Å². The largest absolute Gasteiger partial charge is 0.490 e. The average molecular weight is 326 g/mol. The summed E-state index contributed by atoms with van der Waals surface area (Å²) in [5.41, 5.74) is -1.30. The third-order valence-electron chi connectivity index (χ3n) is 3.49. The second-order valence-electron chi connectivity index (χ2n) is 6.07. The first-order valence-corrected chi connectivity index (χ1v) is 7.49. The topological polar surface area (TPSA) is 62.2 Å². The van der Waals surface area contributed by atoms with Gasteiger partial charge in [-0.25, -0.2) is 4.39 Å². The summed E-state index contributed by atoms with van der Waals surface area (Å²) in [5, 5.41) is 10.7. The van der Waals surface area contributed by atoms with Crippen LogP contribution in [0, 0.1) is 5.82 Å². The summed E-state index contributed by atoms with van der Waals surface area (Å²) in [4.78, 5) is 15.6. The van der Waals surface area contributed by atoms with Crippen molar-refractivity contribution in [2.24, 2.45) is 0 Å². The Labute approximate surface area is 135 Å². The molecule has 6 nitrogen and oxygen atoms in total. The van der Waals surface area contributed by atoms with Crippen molar-refractivity contribution >= 4 is 5.91 Å². The summed E-state index contributed by atoms with van der Waals surface area (Å²) in [7, 11) is 3.63. The summed E-state index contributed by atoms with van der Waals surface area (Å²) < 4.78 is 23.8. The number of β-amino-alcohol motifs (C(OH)–C–C–N with tert-alkyl or cyclic N) is 1.